The SMILES string of the molecule is CC(C)(C)OC(=O)N1CCC(CN2CCN3CCC(CC(=O)O)C[C@@H]3C2)CC1. The lowest BCUT2D eigenvalue weighted by Gasteiger charge is -2.47. The Hall–Kier alpha value is -1.34. The molecule has 0 aliphatic carbocycles. The van der Waals surface area contributed by atoms with Gasteiger partial charge in [0.15, 0.2) is 0 Å². The van der Waals surface area contributed by atoms with Crippen LogP contribution in [0, 0.1) is 11.8 Å². The van der Waals surface area contributed by atoms with Gasteiger partial charge in [0.05, 0.1) is 0 Å². The third-order valence-corrected chi connectivity index (χ3v) is 6.36. The Morgan fingerprint density at radius 1 is 1.00 bits per heavy atom. The van der Waals surface area contributed by atoms with Crippen LogP contribution in [-0.2, 0) is 9.53 Å². The number of hydrogen-bond acceptors (Lipinski definition) is 5. The van der Waals surface area contributed by atoms with Crippen molar-refractivity contribution in [3.05, 3.63) is 0 Å². The number of carboxylic acid groups (broad SMARTS) is 1. The zero-order valence-corrected chi connectivity index (χ0v) is 17.7. The second-order valence-electron chi connectivity index (χ2n) is 9.85. The molecule has 0 aromatic carbocycles. The van der Waals surface area contributed by atoms with Crippen LogP contribution in [0.4, 0.5) is 4.79 Å². The average molecular weight is 396 g/mol. The Kier molecular flexibility index (Phi) is 6.86. The van der Waals surface area contributed by atoms with Gasteiger partial charge in [0, 0.05) is 51.7 Å². The summed E-state index contributed by atoms with van der Waals surface area (Å²) in [5, 5.41) is 9.09. The Balaban J connectivity index is 1.42. The first-order valence-electron chi connectivity index (χ1n) is 10.9. The van der Waals surface area contributed by atoms with Crippen LogP contribution in [0.25, 0.3) is 0 Å². The molecule has 2 atom stereocenters. The molecule has 3 fully saturated rings. The molecule has 3 heterocycles. The smallest absolute Gasteiger partial charge is 0.410 e. The maximum Gasteiger partial charge on any atom is 0.410 e. The van der Waals surface area contributed by atoms with Crippen molar-refractivity contribution in [1.82, 2.24) is 14.7 Å². The van der Waals surface area contributed by atoms with Crippen molar-refractivity contribution in [3.8, 4) is 0 Å². The molecule has 0 radical (unpaired) electrons. The van der Waals surface area contributed by atoms with E-state index < -0.39 is 11.6 Å². The van der Waals surface area contributed by atoms with E-state index in [2.05, 4.69) is 9.80 Å². The third-order valence-electron chi connectivity index (χ3n) is 6.36. The molecular formula is C21H37N3O4. The number of piperazine rings is 1. The molecule has 160 valence electrons. The highest BCUT2D eigenvalue weighted by molar-refractivity contribution is 5.68. The number of ether oxygens (including phenoxy) is 1. The molecule has 0 saturated carbocycles. The molecule has 0 bridgehead atoms. The van der Waals surface area contributed by atoms with Crippen LogP contribution < -0.4 is 0 Å². The molecule has 0 aromatic heterocycles. The third kappa shape index (κ3) is 6.08. The number of hydrogen-bond donors (Lipinski definition) is 1. The summed E-state index contributed by atoms with van der Waals surface area (Å²) in [7, 11) is 0. The lowest BCUT2D eigenvalue weighted by atomic mass is 9.86. The van der Waals surface area contributed by atoms with Gasteiger partial charge < -0.3 is 19.6 Å². The number of carbonyl (C=O) groups excluding carboxylic acids is 1. The Morgan fingerprint density at radius 2 is 1.68 bits per heavy atom. The van der Waals surface area contributed by atoms with Gasteiger partial charge in [-0.1, -0.05) is 0 Å². The van der Waals surface area contributed by atoms with Gasteiger partial charge >= 0.3 is 12.1 Å². The van der Waals surface area contributed by atoms with E-state index in [1.54, 1.807) is 0 Å². The van der Waals surface area contributed by atoms with E-state index in [0.29, 0.717) is 24.3 Å². The molecule has 28 heavy (non-hydrogen) atoms. The van der Waals surface area contributed by atoms with E-state index in [1.165, 1.54) is 0 Å². The summed E-state index contributed by atoms with van der Waals surface area (Å²) in [6, 6.07) is 0.508. The summed E-state index contributed by atoms with van der Waals surface area (Å²) in [5.74, 6) is 0.294. The monoisotopic (exact) mass is 395 g/mol. The number of rotatable bonds is 4. The predicted molar refractivity (Wildman–Crippen MR) is 107 cm³/mol. The van der Waals surface area contributed by atoms with Gasteiger partial charge in [-0.25, -0.2) is 4.79 Å². The lowest BCUT2D eigenvalue weighted by molar-refractivity contribution is -0.138. The van der Waals surface area contributed by atoms with Gasteiger partial charge in [0.25, 0.3) is 0 Å². The standard InChI is InChI=1S/C21H37N3O4/c1-21(2,3)28-20(27)24-8-4-16(5-9-24)14-22-10-11-23-7-6-17(13-19(25)26)12-18(23)15-22/h16-18H,4-15H2,1-3H3,(H,25,26)/t17?,18-/m1/s1. The maximum absolute atomic E-state index is 12.2. The van der Waals surface area contributed by atoms with Crippen molar-refractivity contribution in [1.29, 1.82) is 0 Å². The first-order valence-corrected chi connectivity index (χ1v) is 10.9. The number of piperidine rings is 2. The maximum atomic E-state index is 12.2. The van der Waals surface area contributed by atoms with Crippen molar-refractivity contribution in [3.63, 3.8) is 0 Å². The second-order valence-corrected chi connectivity index (χ2v) is 9.85. The van der Waals surface area contributed by atoms with E-state index in [-0.39, 0.29) is 6.09 Å². The largest absolute Gasteiger partial charge is 0.481 e. The zero-order chi connectivity index (χ0) is 20.3. The molecule has 0 spiro atoms. The fourth-order valence-electron chi connectivity index (χ4n) is 4.91. The highest BCUT2D eigenvalue weighted by Gasteiger charge is 2.35. The fraction of sp³-hybridized carbons (Fsp3) is 0.905. The molecule has 3 rings (SSSR count). The molecule has 7 heteroatoms. The number of nitrogens with zero attached hydrogens (tertiary/aromatic N) is 3. The molecule has 7 nitrogen and oxygen atoms in total. The van der Waals surface area contributed by atoms with Crippen LogP contribution in [0.2, 0.25) is 0 Å². The van der Waals surface area contributed by atoms with Gasteiger partial charge in [-0.2, -0.15) is 0 Å². The number of fused-ring (bicyclic) bond motifs is 1. The average Bonchev–Trinajstić information content (AvgIpc) is 2.60. The van der Waals surface area contributed by atoms with Crippen LogP contribution in [0.3, 0.4) is 0 Å². The minimum absolute atomic E-state index is 0.189. The number of amides is 1. The summed E-state index contributed by atoms with van der Waals surface area (Å²) < 4.78 is 5.49. The van der Waals surface area contributed by atoms with Crippen molar-refractivity contribution < 1.29 is 19.4 Å². The van der Waals surface area contributed by atoms with Gasteiger partial charge in [-0.05, 0) is 64.8 Å². The molecule has 3 aliphatic rings. The van der Waals surface area contributed by atoms with Crippen LogP contribution in [0.1, 0.15) is 52.9 Å². The summed E-state index contributed by atoms with van der Waals surface area (Å²) in [4.78, 5) is 30.2. The minimum Gasteiger partial charge on any atom is -0.481 e. The van der Waals surface area contributed by atoms with E-state index in [0.717, 1.165) is 71.5 Å². The first kappa shape index (κ1) is 21.4. The summed E-state index contributed by atoms with van der Waals surface area (Å²) in [6.07, 6.45) is 4.22. The van der Waals surface area contributed by atoms with Crippen molar-refractivity contribution in [2.45, 2.75) is 64.5 Å². The van der Waals surface area contributed by atoms with E-state index in [9.17, 15) is 9.59 Å². The molecule has 1 amide bonds. The number of carbonyl (C=O) groups is 2. The van der Waals surface area contributed by atoms with Crippen LogP contribution in [0.5, 0.6) is 0 Å². The Bertz CT molecular complexity index is 554. The zero-order valence-electron chi connectivity index (χ0n) is 17.7. The summed E-state index contributed by atoms with van der Waals surface area (Å²) >= 11 is 0. The summed E-state index contributed by atoms with van der Waals surface area (Å²) in [6.45, 7) is 12.7. The Labute approximate surface area is 169 Å². The number of likely N-dealkylation sites (tertiary alicyclic amines) is 1. The van der Waals surface area contributed by atoms with Crippen molar-refractivity contribution >= 4 is 12.1 Å². The molecule has 3 aliphatic heterocycles. The first-order chi connectivity index (χ1) is 13.2. The van der Waals surface area contributed by atoms with E-state index in [1.807, 2.05) is 25.7 Å². The molecule has 0 aromatic rings. The van der Waals surface area contributed by atoms with Crippen LogP contribution in [-0.4, -0.2) is 89.3 Å². The number of carboxylic acids is 1. The van der Waals surface area contributed by atoms with Crippen molar-refractivity contribution in [2.75, 3.05) is 45.8 Å². The van der Waals surface area contributed by atoms with Gasteiger partial charge in [0.2, 0.25) is 0 Å². The topological polar surface area (TPSA) is 73.3 Å². The van der Waals surface area contributed by atoms with Crippen LogP contribution in [0.15, 0.2) is 0 Å². The molecule has 1 N–H and O–H groups in total. The lowest BCUT2D eigenvalue weighted by Crippen LogP contribution is -2.57. The quantitative estimate of drug-likeness (QED) is 0.788. The highest BCUT2D eigenvalue weighted by Crippen LogP contribution is 2.29. The van der Waals surface area contributed by atoms with Gasteiger partial charge in [0.1, 0.15) is 5.60 Å². The van der Waals surface area contributed by atoms with Gasteiger partial charge in [-0.15, -0.1) is 0 Å². The summed E-state index contributed by atoms with van der Waals surface area (Å²) in [5.41, 5.74) is -0.438. The van der Waals surface area contributed by atoms with Crippen molar-refractivity contribution in [2.24, 2.45) is 11.8 Å². The normalized spacial score (nSPS) is 28.0. The molecule has 3 saturated heterocycles. The fourth-order valence-corrected chi connectivity index (χ4v) is 4.91. The Morgan fingerprint density at radius 3 is 2.32 bits per heavy atom. The molecule has 1 unspecified atom stereocenters. The van der Waals surface area contributed by atoms with E-state index >= 15 is 0 Å². The highest BCUT2D eigenvalue weighted by atomic mass is 16.6. The van der Waals surface area contributed by atoms with E-state index in [4.69, 9.17) is 9.84 Å². The van der Waals surface area contributed by atoms with Crippen LogP contribution >= 0.6 is 0 Å². The number of aliphatic carboxylic acids is 1. The second kappa shape index (κ2) is 8.99. The predicted octanol–water partition coefficient (Wildman–Crippen LogP) is 2.50. The minimum atomic E-state index is -0.664. The molecular weight excluding hydrogens is 358 g/mol. The van der Waals surface area contributed by atoms with Gasteiger partial charge in [-0.3, -0.25) is 9.69 Å².